The third-order valence-electron chi connectivity index (χ3n) is 6.45. The van der Waals surface area contributed by atoms with E-state index < -0.39 is 6.04 Å². The topological polar surface area (TPSA) is 107 Å². The molecule has 3 N–H and O–H groups in total. The smallest absolute Gasteiger partial charge is 0.268 e. The highest BCUT2D eigenvalue weighted by molar-refractivity contribution is 5.99. The summed E-state index contributed by atoms with van der Waals surface area (Å²) in [7, 11) is 1.86. The SMILES string of the molecule is Cn1c(C(=O)NC2CCCC[C@H]2C(=O)N[C@H](C#N)Cc2ccc(O)cc2)cc2ccccc21. The Morgan fingerprint density at radius 3 is 2.61 bits per heavy atom. The van der Waals surface area contributed by atoms with Crippen LogP contribution in [0.1, 0.15) is 41.7 Å². The van der Waals surface area contributed by atoms with Gasteiger partial charge in [0.05, 0.1) is 12.0 Å². The van der Waals surface area contributed by atoms with Crippen molar-refractivity contribution >= 4 is 22.7 Å². The Morgan fingerprint density at radius 1 is 1.15 bits per heavy atom. The lowest BCUT2D eigenvalue weighted by atomic mass is 9.83. The molecular weight excluding hydrogens is 416 g/mol. The number of phenols is 1. The number of fused-ring (bicyclic) bond motifs is 1. The Hall–Kier alpha value is -3.79. The third-order valence-corrected chi connectivity index (χ3v) is 6.45. The second-order valence-corrected chi connectivity index (χ2v) is 8.68. The van der Waals surface area contributed by atoms with E-state index in [-0.39, 0.29) is 29.5 Å². The van der Waals surface area contributed by atoms with Crippen molar-refractivity contribution in [2.75, 3.05) is 0 Å². The van der Waals surface area contributed by atoms with E-state index in [0.29, 0.717) is 18.5 Å². The van der Waals surface area contributed by atoms with Gasteiger partial charge in [0.15, 0.2) is 0 Å². The first-order valence-electron chi connectivity index (χ1n) is 11.3. The van der Waals surface area contributed by atoms with Gasteiger partial charge in [-0.2, -0.15) is 5.26 Å². The van der Waals surface area contributed by atoms with Crippen molar-refractivity contribution in [3.05, 3.63) is 65.9 Å². The number of rotatable bonds is 6. The maximum atomic E-state index is 13.1. The molecule has 3 atom stereocenters. The first kappa shape index (κ1) is 22.4. The molecule has 7 heteroatoms. The van der Waals surface area contributed by atoms with Crippen molar-refractivity contribution in [1.82, 2.24) is 15.2 Å². The number of carbonyl (C=O) groups is 2. The van der Waals surface area contributed by atoms with Crippen molar-refractivity contribution in [3.8, 4) is 11.8 Å². The number of amides is 2. The molecule has 170 valence electrons. The van der Waals surface area contributed by atoms with Gasteiger partial charge in [0, 0.05) is 30.4 Å². The van der Waals surface area contributed by atoms with Crippen molar-refractivity contribution < 1.29 is 14.7 Å². The molecule has 7 nitrogen and oxygen atoms in total. The zero-order valence-electron chi connectivity index (χ0n) is 18.6. The fourth-order valence-corrected chi connectivity index (χ4v) is 4.64. The number of benzene rings is 2. The van der Waals surface area contributed by atoms with E-state index in [0.717, 1.165) is 35.7 Å². The molecule has 33 heavy (non-hydrogen) atoms. The summed E-state index contributed by atoms with van der Waals surface area (Å²) >= 11 is 0. The molecule has 1 aliphatic carbocycles. The van der Waals surface area contributed by atoms with Crippen molar-refractivity contribution in [2.45, 2.75) is 44.2 Å². The van der Waals surface area contributed by atoms with Crippen LogP contribution >= 0.6 is 0 Å². The number of hydrogen-bond donors (Lipinski definition) is 3. The quantitative estimate of drug-likeness (QED) is 0.541. The predicted molar refractivity (Wildman–Crippen MR) is 125 cm³/mol. The molecule has 1 unspecified atom stereocenters. The van der Waals surface area contributed by atoms with E-state index in [2.05, 4.69) is 16.7 Å². The molecule has 3 aromatic rings. The van der Waals surface area contributed by atoms with E-state index in [1.807, 2.05) is 41.9 Å². The van der Waals surface area contributed by atoms with E-state index in [1.165, 1.54) is 0 Å². The van der Waals surface area contributed by atoms with Crippen LogP contribution < -0.4 is 10.6 Å². The number of aromatic nitrogens is 1. The Bertz CT molecular complexity index is 1190. The Labute approximate surface area is 193 Å². The molecule has 0 radical (unpaired) electrons. The molecule has 2 aromatic carbocycles. The summed E-state index contributed by atoms with van der Waals surface area (Å²) in [5.41, 5.74) is 2.39. The van der Waals surface area contributed by atoms with Crippen LogP contribution in [0.5, 0.6) is 5.75 Å². The molecular formula is C26H28N4O3. The molecule has 1 heterocycles. The Morgan fingerprint density at radius 2 is 1.88 bits per heavy atom. The minimum atomic E-state index is -0.682. The molecule has 0 bridgehead atoms. The van der Waals surface area contributed by atoms with Crippen molar-refractivity contribution in [2.24, 2.45) is 13.0 Å². The second kappa shape index (κ2) is 9.78. The molecule has 1 saturated carbocycles. The van der Waals surface area contributed by atoms with Gasteiger partial charge in [-0.1, -0.05) is 43.2 Å². The number of aromatic hydroxyl groups is 1. The summed E-state index contributed by atoms with van der Waals surface area (Å²) in [5.74, 6) is -0.627. The summed E-state index contributed by atoms with van der Waals surface area (Å²) in [5, 5.41) is 25.9. The van der Waals surface area contributed by atoms with Gasteiger partial charge in [-0.3, -0.25) is 9.59 Å². The second-order valence-electron chi connectivity index (χ2n) is 8.68. The van der Waals surface area contributed by atoms with Crippen LogP contribution in [0.2, 0.25) is 0 Å². The maximum Gasteiger partial charge on any atom is 0.268 e. The summed E-state index contributed by atoms with van der Waals surface area (Å²) in [6.45, 7) is 0. The minimum absolute atomic E-state index is 0.156. The highest BCUT2D eigenvalue weighted by atomic mass is 16.3. The highest BCUT2D eigenvalue weighted by Gasteiger charge is 2.33. The van der Waals surface area contributed by atoms with Gasteiger partial charge in [0.2, 0.25) is 5.91 Å². The van der Waals surface area contributed by atoms with Crippen molar-refractivity contribution in [3.63, 3.8) is 0 Å². The number of nitrogens with zero attached hydrogens (tertiary/aromatic N) is 2. The Kier molecular flexibility index (Phi) is 6.64. The number of hydrogen-bond acceptors (Lipinski definition) is 4. The zero-order chi connectivity index (χ0) is 23.4. The number of para-hydroxylation sites is 1. The number of nitriles is 1. The molecule has 4 rings (SSSR count). The molecule has 0 aliphatic heterocycles. The lowest BCUT2D eigenvalue weighted by molar-refractivity contribution is -0.127. The lowest BCUT2D eigenvalue weighted by Crippen LogP contribution is -2.50. The maximum absolute atomic E-state index is 13.1. The molecule has 1 aromatic heterocycles. The first-order chi connectivity index (χ1) is 16.0. The fraction of sp³-hybridized carbons (Fsp3) is 0.346. The van der Waals surface area contributed by atoms with Gasteiger partial charge in [-0.25, -0.2) is 0 Å². The number of aryl methyl sites for hydroxylation is 1. The molecule has 1 fully saturated rings. The van der Waals surface area contributed by atoms with Gasteiger partial charge in [-0.15, -0.1) is 0 Å². The van der Waals surface area contributed by atoms with Crippen LogP contribution in [-0.2, 0) is 18.3 Å². The predicted octanol–water partition coefficient (Wildman–Crippen LogP) is 3.42. The highest BCUT2D eigenvalue weighted by Crippen LogP contribution is 2.26. The van der Waals surface area contributed by atoms with E-state index in [1.54, 1.807) is 24.3 Å². The largest absolute Gasteiger partial charge is 0.508 e. The lowest BCUT2D eigenvalue weighted by Gasteiger charge is -2.31. The summed E-state index contributed by atoms with van der Waals surface area (Å²) in [4.78, 5) is 26.2. The van der Waals surface area contributed by atoms with Gasteiger partial charge in [0.1, 0.15) is 17.5 Å². The van der Waals surface area contributed by atoms with Crippen LogP contribution in [0.3, 0.4) is 0 Å². The molecule has 0 saturated heterocycles. The van der Waals surface area contributed by atoms with E-state index in [4.69, 9.17) is 0 Å². The first-order valence-corrected chi connectivity index (χ1v) is 11.3. The van der Waals surface area contributed by atoms with Gasteiger partial charge >= 0.3 is 0 Å². The molecule has 0 spiro atoms. The van der Waals surface area contributed by atoms with Gasteiger partial charge in [-0.05, 0) is 42.7 Å². The fourth-order valence-electron chi connectivity index (χ4n) is 4.64. The van der Waals surface area contributed by atoms with Crippen LogP contribution in [0.25, 0.3) is 10.9 Å². The van der Waals surface area contributed by atoms with Crippen molar-refractivity contribution in [1.29, 1.82) is 5.26 Å². The van der Waals surface area contributed by atoms with E-state index in [9.17, 15) is 20.0 Å². The Balaban J connectivity index is 1.44. The molecule has 1 aliphatic rings. The summed E-state index contributed by atoms with van der Waals surface area (Å²) in [6, 6.07) is 17.5. The average Bonchev–Trinajstić information content (AvgIpc) is 3.17. The standard InChI is InChI=1S/C26H28N4O3/c1-30-23-9-5-2-6-18(23)15-24(30)26(33)29-22-8-4-3-7-21(22)25(32)28-19(16-27)14-17-10-12-20(31)13-11-17/h2,5-6,9-13,15,19,21-22,31H,3-4,7-8,14H2,1H3,(H,28,32)(H,29,33)/t19-,21+,22?/m0/s1. The number of carbonyl (C=O) groups excluding carboxylic acids is 2. The minimum Gasteiger partial charge on any atom is -0.508 e. The van der Waals surface area contributed by atoms with Crippen LogP contribution in [0.4, 0.5) is 0 Å². The normalized spacial score (nSPS) is 18.9. The van der Waals surface area contributed by atoms with Gasteiger partial charge < -0.3 is 20.3 Å². The van der Waals surface area contributed by atoms with Crippen LogP contribution in [0.15, 0.2) is 54.6 Å². The molecule has 2 amide bonds. The number of phenolic OH excluding ortho intramolecular Hbond substituents is 1. The summed E-state index contributed by atoms with van der Waals surface area (Å²) < 4.78 is 1.87. The summed E-state index contributed by atoms with van der Waals surface area (Å²) in [6.07, 6.45) is 3.60. The third kappa shape index (κ3) is 5.01. The van der Waals surface area contributed by atoms with Crippen LogP contribution in [-0.4, -0.2) is 33.6 Å². The van der Waals surface area contributed by atoms with E-state index >= 15 is 0 Å². The average molecular weight is 445 g/mol. The van der Waals surface area contributed by atoms with Gasteiger partial charge in [0.25, 0.3) is 5.91 Å². The zero-order valence-corrected chi connectivity index (χ0v) is 18.6. The monoisotopic (exact) mass is 444 g/mol. The number of nitrogens with one attached hydrogen (secondary N) is 2. The van der Waals surface area contributed by atoms with Crippen LogP contribution in [0, 0.1) is 17.2 Å².